The second-order valence-electron chi connectivity index (χ2n) is 0.773. The number of rotatable bonds is 0. The number of nitrogens with one attached hydrogen (secondary N) is 1. The summed E-state index contributed by atoms with van der Waals surface area (Å²) < 4.78 is 7.35. The lowest BCUT2D eigenvalue weighted by Gasteiger charge is -1.91. The van der Waals surface area contributed by atoms with Gasteiger partial charge in [0.15, 0.2) is 8.88 Å². The molecule has 0 amide bonds. The Hall–Kier alpha value is 0.550. The maximum atomic E-state index is 10.3. The van der Waals surface area contributed by atoms with Gasteiger partial charge in [-0.1, -0.05) is 4.86 Å². The van der Waals surface area contributed by atoms with Gasteiger partial charge in [-0.25, -0.2) is 0 Å². The monoisotopic (exact) mass is 153 g/mol. The van der Waals surface area contributed by atoms with Gasteiger partial charge in [0.05, 0.1) is 0 Å². The highest BCUT2D eigenvalue weighted by Gasteiger charge is 1.97. The van der Waals surface area contributed by atoms with E-state index in [1.54, 1.807) is 0 Å². The van der Waals surface area contributed by atoms with E-state index in [1.165, 1.54) is 0 Å². The minimum absolute atomic E-state index is 0.173. The van der Waals surface area contributed by atoms with Crippen molar-refractivity contribution in [3.63, 3.8) is 0 Å². The highest BCUT2D eigenvalue weighted by atomic mass is 31.2. The van der Waals surface area contributed by atoms with Crippen molar-refractivity contribution < 1.29 is 4.89 Å². The SMILES string of the molecule is [O-][P+]1=NPN=PN1. The van der Waals surface area contributed by atoms with E-state index in [4.69, 9.17) is 0 Å². The molecule has 0 fully saturated rings. The van der Waals surface area contributed by atoms with Crippen molar-refractivity contribution in [3.8, 4) is 0 Å². The van der Waals surface area contributed by atoms with Crippen LogP contribution in [0, 0.1) is 0 Å². The molecule has 2 unspecified atom stereocenters. The molecule has 0 aromatic rings. The average Bonchev–Trinajstić information content (AvgIpc) is 1.69. The van der Waals surface area contributed by atoms with Crippen LogP contribution in [-0.4, -0.2) is 0 Å². The van der Waals surface area contributed by atoms with Crippen LogP contribution in [0.25, 0.3) is 0 Å². The van der Waals surface area contributed by atoms with Crippen LogP contribution < -0.4 is 9.75 Å². The lowest BCUT2D eigenvalue weighted by atomic mass is 13.8. The lowest BCUT2D eigenvalue weighted by Crippen LogP contribution is -1.96. The molecular weight excluding hydrogens is 151 g/mol. The van der Waals surface area contributed by atoms with Crippen LogP contribution in [0.15, 0.2) is 9.03 Å². The third kappa shape index (κ3) is 1.85. The van der Waals surface area contributed by atoms with E-state index in [0.29, 0.717) is 8.52 Å². The molecule has 1 heterocycles. The fourth-order valence-electron chi connectivity index (χ4n) is 0.166. The summed E-state index contributed by atoms with van der Waals surface area (Å²) in [6, 6.07) is 0. The van der Waals surface area contributed by atoms with Gasteiger partial charge in [0, 0.05) is 0 Å². The normalized spacial score (nSPS) is 30.1. The maximum absolute atomic E-state index is 10.3. The van der Waals surface area contributed by atoms with Crippen molar-refractivity contribution in [2.75, 3.05) is 0 Å². The van der Waals surface area contributed by atoms with E-state index in [1.807, 2.05) is 0 Å². The number of hydrogen-bond acceptors (Lipinski definition) is 4. The molecule has 1 aliphatic rings. The molecule has 0 saturated heterocycles. The highest BCUT2D eigenvalue weighted by Crippen LogP contribution is 2.33. The van der Waals surface area contributed by atoms with E-state index < -0.39 is 8.09 Å². The van der Waals surface area contributed by atoms with E-state index in [-0.39, 0.29) is 8.88 Å². The molecule has 1 aliphatic heterocycles. The molecule has 4 nitrogen and oxygen atoms in total. The third-order valence-corrected chi connectivity index (χ3v) is 3.24. The molecule has 1 rings (SSSR count). The van der Waals surface area contributed by atoms with Gasteiger partial charge in [-0.2, -0.15) is 4.52 Å². The first-order valence-electron chi connectivity index (χ1n) is 1.48. The molecule has 38 valence electrons. The molecule has 0 aliphatic carbocycles. The molecule has 0 aromatic carbocycles. The summed E-state index contributed by atoms with van der Waals surface area (Å²) in [5, 5.41) is 0. The Morgan fingerprint density at radius 1 is 1.86 bits per heavy atom. The summed E-state index contributed by atoms with van der Waals surface area (Å²) >= 11 is 0. The lowest BCUT2D eigenvalue weighted by molar-refractivity contribution is -0.156. The second-order valence-corrected chi connectivity index (χ2v) is 4.12. The summed E-state index contributed by atoms with van der Waals surface area (Å²) in [5.41, 5.74) is 0. The Morgan fingerprint density at radius 3 is 3.00 bits per heavy atom. The smallest absolute Gasteiger partial charge is 0.276 e. The first-order chi connectivity index (χ1) is 3.39. The average molecular weight is 153 g/mol. The van der Waals surface area contributed by atoms with Crippen LogP contribution in [0.1, 0.15) is 0 Å². The van der Waals surface area contributed by atoms with Crippen LogP contribution in [0.5, 0.6) is 0 Å². The van der Waals surface area contributed by atoms with Gasteiger partial charge in [0.25, 0.3) is 8.09 Å². The zero-order valence-electron chi connectivity index (χ0n) is 3.20. The van der Waals surface area contributed by atoms with Crippen molar-refractivity contribution in [1.29, 1.82) is 0 Å². The minimum atomic E-state index is -1.46. The van der Waals surface area contributed by atoms with E-state index in [0.717, 1.165) is 0 Å². The standard InChI is InChI=1S/H2N3OP3/c4-7-2-5-1-6-3-7/h5H,(H,1,2,3). The Labute approximate surface area is 45.2 Å². The van der Waals surface area contributed by atoms with Crippen molar-refractivity contribution in [2.45, 2.75) is 0 Å². The summed E-state index contributed by atoms with van der Waals surface area (Å²) in [4.78, 5) is 12.8. The van der Waals surface area contributed by atoms with Gasteiger partial charge in [-0.3, -0.25) is 0 Å². The molecular formula is H2N3OP3. The second kappa shape index (κ2) is 2.76. The Balaban J connectivity index is 2.50. The topological polar surface area (TPSA) is 59.8 Å². The zero-order valence-corrected chi connectivity index (χ0v) is 5.99. The molecule has 0 bridgehead atoms. The quantitative estimate of drug-likeness (QED) is 0.527. The van der Waals surface area contributed by atoms with Crippen LogP contribution in [0.4, 0.5) is 0 Å². The Kier molecular flexibility index (Phi) is 2.24. The van der Waals surface area contributed by atoms with Crippen molar-refractivity contribution in [2.24, 2.45) is 9.03 Å². The first-order valence-corrected chi connectivity index (χ1v) is 4.43. The molecule has 2 atom stereocenters. The molecule has 0 saturated carbocycles. The van der Waals surface area contributed by atoms with Gasteiger partial charge in [0.2, 0.25) is 0 Å². The predicted molar refractivity (Wildman–Crippen MR) is 30.1 cm³/mol. The first kappa shape index (κ1) is 5.68. The maximum Gasteiger partial charge on any atom is 0.276 e. The van der Waals surface area contributed by atoms with Crippen molar-refractivity contribution in [1.82, 2.24) is 4.86 Å². The van der Waals surface area contributed by atoms with E-state index >= 15 is 0 Å². The van der Waals surface area contributed by atoms with Gasteiger partial charge >= 0.3 is 0 Å². The third-order valence-electron chi connectivity index (χ3n) is 0.361. The number of hydrogen-bond donors (Lipinski definition) is 1. The fourth-order valence-corrected chi connectivity index (χ4v) is 2.66. The molecule has 1 N–H and O–H groups in total. The van der Waals surface area contributed by atoms with Gasteiger partial charge < -0.3 is 4.89 Å². The van der Waals surface area contributed by atoms with Gasteiger partial charge in [-0.05, 0) is 4.52 Å². The summed E-state index contributed by atoms with van der Waals surface area (Å²) in [6.07, 6.45) is 0. The summed E-state index contributed by atoms with van der Waals surface area (Å²) in [7, 11) is -0.584. The van der Waals surface area contributed by atoms with Gasteiger partial charge in [-0.15, -0.1) is 0 Å². The van der Waals surface area contributed by atoms with Crippen LogP contribution >= 0.6 is 25.5 Å². The van der Waals surface area contributed by atoms with Crippen LogP contribution in [-0.2, 0) is 0 Å². The molecule has 7 heteroatoms. The predicted octanol–water partition coefficient (Wildman–Crippen LogP) is 0.999. The Bertz CT molecular complexity index is 117. The zero-order chi connectivity index (χ0) is 5.11. The summed E-state index contributed by atoms with van der Waals surface area (Å²) in [5.74, 6) is 0. The van der Waals surface area contributed by atoms with Crippen LogP contribution in [0.2, 0.25) is 0 Å². The van der Waals surface area contributed by atoms with Crippen LogP contribution in [0.3, 0.4) is 0 Å². The number of nitrogens with zero attached hydrogens (tertiary/aromatic N) is 2. The summed E-state index contributed by atoms with van der Waals surface area (Å²) in [6.45, 7) is 0. The largest absolute Gasteiger partial charge is 0.594 e. The molecule has 0 radical (unpaired) electrons. The Morgan fingerprint density at radius 2 is 2.71 bits per heavy atom. The van der Waals surface area contributed by atoms with E-state index in [9.17, 15) is 4.89 Å². The van der Waals surface area contributed by atoms with Gasteiger partial charge in [0.1, 0.15) is 8.52 Å². The van der Waals surface area contributed by atoms with E-state index in [2.05, 4.69) is 13.9 Å². The molecule has 0 spiro atoms. The highest BCUT2D eigenvalue weighted by molar-refractivity contribution is 7.59. The van der Waals surface area contributed by atoms with Crippen molar-refractivity contribution >= 4 is 25.5 Å². The minimum Gasteiger partial charge on any atom is -0.594 e. The molecule has 0 aromatic heterocycles. The molecule has 7 heavy (non-hydrogen) atoms. The fraction of sp³-hybridized carbons (Fsp3) is 0. The van der Waals surface area contributed by atoms with Crippen molar-refractivity contribution in [3.05, 3.63) is 0 Å².